The van der Waals surface area contributed by atoms with E-state index in [1.807, 2.05) is 12.1 Å². The molecular weight excluding hydrogens is 776 g/mol. The number of carbonyl (C=O) groups excluding carboxylic acids is 1. The van der Waals surface area contributed by atoms with E-state index < -0.39 is 49.5 Å². The number of nitrogens with zero attached hydrogens (tertiary/aromatic N) is 4. The summed E-state index contributed by atoms with van der Waals surface area (Å²) in [6, 6.07) is 20.0. The van der Waals surface area contributed by atoms with E-state index in [0.29, 0.717) is 17.7 Å². The Labute approximate surface area is 322 Å². The molecule has 4 heterocycles. The Hall–Kier alpha value is -5.33. The standard InChI is InChI=1S/C37H34F3N6O8PS/c1-2-41-36(49)45-32-17-29(34-44-31(23-56-34)37(38,39)40)30(19-42-32)27-15-26-16-28(35(47)48)20-46(50,33(26)43-18-27)13-14-52-55(51,53-21-24-9-5-3-6-10-24)54-22-25-11-7-4-8-12-25/h3-12,15,17-20,23H,2,13-14,16,21-22H2,1H3,(H,47,48)(H2,41,42,45,49). The summed E-state index contributed by atoms with van der Waals surface area (Å²) in [5, 5.41) is 30.3. The monoisotopic (exact) mass is 810 g/mol. The van der Waals surface area contributed by atoms with Gasteiger partial charge in [0.15, 0.2) is 5.69 Å². The van der Waals surface area contributed by atoms with E-state index in [4.69, 9.17) is 13.6 Å². The van der Waals surface area contributed by atoms with Gasteiger partial charge in [-0.15, -0.1) is 11.3 Å². The molecule has 56 heavy (non-hydrogen) atoms. The number of amides is 2. The Bertz CT molecular complexity index is 2230. The zero-order chi connectivity index (χ0) is 39.9. The summed E-state index contributed by atoms with van der Waals surface area (Å²) >= 11 is 0.719. The number of carboxylic acid groups (broad SMARTS) is 1. The van der Waals surface area contributed by atoms with Crippen LogP contribution in [0.5, 0.6) is 0 Å². The molecule has 19 heteroatoms. The number of phosphoric acid groups is 1. The van der Waals surface area contributed by atoms with Crippen molar-refractivity contribution < 1.29 is 46.0 Å². The number of urea groups is 1. The van der Waals surface area contributed by atoms with Crippen molar-refractivity contribution in [1.29, 1.82) is 0 Å². The zero-order valence-electron chi connectivity index (χ0n) is 29.6. The Kier molecular flexibility index (Phi) is 12.4. The second-order valence-corrected chi connectivity index (χ2v) is 14.8. The molecule has 1 aliphatic rings. The van der Waals surface area contributed by atoms with Crippen molar-refractivity contribution in [1.82, 2.24) is 24.9 Å². The first kappa shape index (κ1) is 40.3. The number of hydrogen-bond donors (Lipinski definition) is 3. The van der Waals surface area contributed by atoms with Gasteiger partial charge in [-0.1, -0.05) is 60.7 Å². The van der Waals surface area contributed by atoms with Gasteiger partial charge in [0.05, 0.1) is 18.8 Å². The molecule has 292 valence electrons. The number of halogens is 3. The highest BCUT2D eigenvalue weighted by Gasteiger charge is 2.36. The Balaban J connectivity index is 1.29. The minimum Gasteiger partial charge on any atom is -0.621 e. The fourth-order valence-electron chi connectivity index (χ4n) is 5.62. The van der Waals surface area contributed by atoms with Crippen LogP contribution in [0.3, 0.4) is 0 Å². The molecule has 3 N–H and O–H groups in total. The lowest BCUT2D eigenvalue weighted by Crippen LogP contribution is -2.44. The maximum atomic E-state index is 14.4. The van der Waals surface area contributed by atoms with Crippen molar-refractivity contribution in [3.05, 3.63) is 130 Å². The number of nitrogens with one attached hydrogen (secondary N) is 2. The minimum atomic E-state index is -4.72. The maximum Gasteiger partial charge on any atom is 0.475 e. The number of thiazole rings is 1. The van der Waals surface area contributed by atoms with E-state index in [2.05, 4.69) is 25.6 Å². The number of hydroxylamine groups is 2. The molecule has 6 rings (SSSR count). The van der Waals surface area contributed by atoms with Crippen LogP contribution in [0.15, 0.2) is 102 Å². The summed E-state index contributed by atoms with van der Waals surface area (Å²) in [4.78, 5) is 36.9. The predicted octanol–water partition coefficient (Wildman–Crippen LogP) is 8.32. The van der Waals surface area contributed by atoms with Gasteiger partial charge in [-0.3, -0.25) is 23.5 Å². The average molecular weight is 811 g/mol. The smallest absolute Gasteiger partial charge is 0.475 e. The summed E-state index contributed by atoms with van der Waals surface area (Å²) < 4.78 is 70.0. The van der Waals surface area contributed by atoms with Gasteiger partial charge in [0, 0.05) is 53.0 Å². The van der Waals surface area contributed by atoms with Gasteiger partial charge < -0.3 is 15.6 Å². The highest BCUT2D eigenvalue weighted by molar-refractivity contribution is 7.48. The van der Waals surface area contributed by atoms with Crippen molar-refractivity contribution >= 4 is 42.8 Å². The normalized spacial score (nSPS) is 15.5. The van der Waals surface area contributed by atoms with Crippen molar-refractivity contribution in [2.24, 2.45) is 0 Å². The molecule has 1 unspecified atom stereocenters. The SMILES string of the molecule is CCNC(=O)Nc1cc(-c2nc(C(F)(F)F)cs2)c(-c2cnc3c(c2)CC(C(=O)O)=C[N+]3([O-])CCOP(=O)(OCc2ccccc2)OCc2ccccc2)cn1. The second-order valence-electron chi connectivity index (χ2n) is 12.3. The number of carboxylic acids is 1. The fraction of sp³-hybridized carbons (Fsp3) is 0.216. The van der Waals surface area contributed by atoms with E-state index in [1.54, 1.807) is 55.5 Å². The quantitative estimate of drug-likeness (QED) is 0.0525. The van der Waals surface area contributed by atoms with E-state index >= 15 is 0 Å². The molecule has 1 aliphatic heterocycles. The van der Waals surface area contributed by atoms with Crippen LogP contribution >= 0.6 is 19.2 Å². The molecule has 0 spiro atoms. The maximum absolute atomic E-state index is 14.4. The molecule has 3 aromatic heterocycles. The van der Waals surface area contributed by atoms with E-state index in [9.17, 15) is 37.6 Å². The van der Waals surface area contributed by atoms with Gasteiger partial charge in [-0.05, 0) is 30.2 Å². The topological polar surface area (TPSA) is 185 Å². The molecule has 5 aromatic rings. The highest BCUT2D eigenvalue weighted by atomic mass is 32.1. The lowest BCUT2D eigenvalue weighted by molar-refractivity contribution is -0.140. The van der Waals surface area contributed by atoms with Gasteiger partial charge in [-0.25, -0.2) is 29.1 Å². The molecule has 2 aromatic carbocycles. The third kappa shape index (κ3) is 9.90. The Morgan fingerprint density at radius 3 is 2.21 bits per heavy atom. The summed E-state index contributed by atoms with van der Waals surface area (Å²) in [6.07, 6.45) is -1.35. The van der Waals surface area contributed by atoms with Crippen LogP contribution in [0, 0.1) is 5.21 Å². The average Bonchev–Trinajstić information content (AvgIpc) is 3.69. The zero-order valence-corrected chi connectivity index (χ0v) is 31.3. The van der Waals surface area contributed by atoms with Gasteiger partial charge >= 0.3 is 26.0 Å². The number of quaternary nitrogens is 1. The number of hydrogen-bond acceptors (Lipinski definition) is 11. The number of fused-ring (bicyclic) bond motifs is 1. The first-order valence-electron chi connectivity index (χ1n) is 17.0. The minimum absolute atomic E-state index is 0.0218. The number of aliphatic carboxylic acids is 1. The largest absolute Gasteiger partial charge is 0.621 e. The predicted molar refractivity (Wildman–Crippen MR) is 202 cm³/mol. The number of carbonyl (C=O) groups is 2. The van der Waals surface area contributed by atoms with E-state index in [-0.39, 0.29) is 64.1 Å². The van der Waals surface area contributed by atoms with Crippen LogP contribution in [0.25, 0.3) is 21.7 Å². The Morgan fingerprint density at radius 2 is 1.62 bits per heavy atom. The molecule has 0 bridgehead atoms. The second kappa shape index (κ2) is 17.2. The molecule has 0 aliphatic carbocycles. The molecule has 0 saturated carbocycles. The summed E-state index contributed by atoms with van der Waals surface area (Å²) in [5.74, 6) is -1.44. The summed E-state index contributed by atoms with van der Waals surface area (Å²) in [6.45, 7) is 0.763. The molecule has 2 amide bonds. The van der Waals surface area contributed by atoms with Gasteiger partial charge in [0.1, 0.15) is 30.2 Å². The van der Waals surface area contributed by atoms with Crippen LogP contribution in [-0.2, 0) is 48.7 Å². The molecule has 0 radical (unpaired) electrons. The van der Waals surface area contributed by atoms with Crippen LogP contribution in [0.4, 0.5) is 29.6 Å². The van der Waals surface area contributed by atoms with Crippen LogP contribution in [0.1, 0.15) is 29.3 Å². The molecular formula is C37H34F3N6O8PS. The lowest BCUT2D eigenvalue weighted by Gasteiger charge is -2.40. The highest BCUT2D eigenvalue weighted by Crippen LogP contribution is 2.51. The van der Waals surface area contributed by atoms with Crippen LogP contribution < -0.4 is 15.3 Å². The number of rotatable bonds is 15. The third-order valence-electron chi connectivity index (χ3n) is 8.28. The summed E-state index contributed by atoms with van der Waals surface area (Å²) in [5.41, 5.74) is 0.890. The number of pyridine rings is 2. The third-order valence-corrected chi connectivity index (χ3v) is 10.5. The van der Waals surface area contributed by atoms with E-state index in [0.717, 1.165) is 22.9 Å². The number of alkyl halides is 3. The van der Waals surface area contributed by atoms with Crippen LogP contribution in [-0.4, -0.2) is 51.8 Å². The molecule has 0 fully saturated rings. The van der Waals surface area contributed by atoms with Gasteiger partial charge in [0.2, 0.25) is 5.82 Å². The fourth-order valence-corrected chi connectivity index (χ4v) is 7.62. The van der Waals surface area contributed by atoms with Gasteiger partial charge in [-0.2, -0.15) is 13.2 Å². The number of benzene rings is 2. The number of aromatic nitrogens is 3. The van der Waals surface area contributed by atoms with Crippen molar-refractivity contribution in [3.8, 4) is 21.7 Å². The van der Waals surface area contributed by atoms with Crippen molar-refractivity contribution in [2.45, 2.75) is 32.7 Å². The van der Waals surface area contributed by atoms with Crippen molar-refractivity contribution in [2.75, 3.05) is 25.0 Å². The number of anilines is 1. The first-order chi connectivity index (χ1) is 26.7. The van der Waals surface area contributed by atoms with Crippen molar-refractivity contribution in [3.63, 3.8) is 0 Å². The lowest BCUT2D eigenvalue weighted by atomic mass is 9.97. The number of phosphoric ester groups is 1. The summed E-state index contributed by atoms with van der Waals surface area (Å²) in [7, 11) is -4.29. The van der Waals surface area contributed by atoms with Crippen LogP contribution in [0.2, 0.25) is 0 Å². The first-order valence-corrected chi connectivity index (χ1v) is 19.3. The molecule has 1 atom stereocenters. The Morgan fingerprint density at radius 1 is 0.964 bits per heavy atom. The molecule has 0 saturated heterocycles. The molecule has 14 nitrogen and oxygen atoms in total. The van der Waals surface area contributed by atoms with E-state index in [1.165, 1.54) is 24.5 Å². The van der Waals surface area contributed by atoms with Gasteiger partial charge in [0.25, 0.3) is 0 Å².